The van der Waals surface area contributed by atoms with Crippen molar-refractivity contribution in [3.63, 3.8) is 0 Å². The van der Waals surface area contributed by atoms with Gasteiger partial charge in [0.25, 0.3) is 0 Å². The second kappa shape index (κ2) is 4.93. The molecule has 0 amide bonds. The van der Waals surface area contributed by atoms with E-state index in [1.165, 1.54) is 0 Å². The van der Waals surface area contributed by atoms with Crippen molar-refractivity contribution in [2.45, 2.75) is 13.5 Å². The van der Waals surface area contributed by atoms with Crippen LogP contribution < -0.4 is 4.90 Å². The molecule has 2 rings (SSSR count). The highest BCUT2D eigenvalue weighted by atomic mass is 32.1. The van der Waals surface area contributed by atoms with Gasteiger partial charge in [0, 0.05) is 18.1 Å². The average molecular weight is 244 g/mol. The first-order chi connectivity index (χ1) is 8.19. The van der Waals surface area contributed by atoms with Crippen LogP contribution in [0.25, 0.3) is 0 Å². The van der Waals surface area contributed by atoms with Crippen LogP contribution in [0.3, 0.4) is 0 Å². The van der Waals surface area contributed by atoms with Crippen LogP contribution in [-0.4, -0.2) is 17.0 Å². The molecule has 0 aromatic carbocycles. The normalized spacial score (nSPS) is 9.94. The Kier molecular flexibility index (Phi) is 3.35. The van der Waals surface area contributed by atoms with Crippen molar-refractivity contribution >= 4 is 17.2 Å². The molecule has 0 radical (unpaired) electrons. The second-order valence-corrected chi connectivity index (χ2v) is 4.67. The van der Waals surface area contributed by atoms with E-state index in [1.54, 1.807) is 17.4 Å². The Morgan fingerprint density at radius 2 is 2.24 bits per heavy atom. The predicted octanol–water partition coefficient (Wildman–Crippen LogP) is 2.35. The first-order valence-corrected chi connectivity index (χ1v) is 6.06. The number of hydrogen-bond donors (Lipinski definition) is 0. The van der Waals surface area contributed by atoms with E-state index in [9.17, 15) is 0 Å². The fourth-order valence-electron chi connectivity index (χ4n) is 1.46. The highest BCUT2D eigenvalue weighted by Crippen LogP contribution is 2.15. The molecule has 86 valence electrons. The van der Waals surface area contributed by atoms with Crippen LogP contribution >= 0.6 is 11.3 Å². The zero-order valence-corrected chi connectivity index (χ0v) is 10.5. The highest BCUT2D eigenvalue weighted by Gasteiger charge is 2.06. The maximum atomic E-state index is 8.80. The first kappa shape index (κ1) is 11.6. The number of nitriles is 1. The molecular weight excluding hydrogens is 232 g/mol. The van der Waals surface area contributed by atoms with Crippen molar-refractivity contribution in [3.05, 3.63) is 40.0 Å². The van der Waals surface area contributed by atoms with Crippen LogP contribution in [0.5, 0.6) is 0 Å². The number of aryl methyl sites for hydroxylation is 1. The Bertz CT molecular complexity index is 556. The smallest absolute Gasteiger partial charge is 0.142 e. The van der Waals surface area contributed by atoms with Crippen LogP contribution in [0, 0.1) is 18.3 Å². The molecule has 0 saturated carbocycles. The molecule has 0 atom stereocenters. The van der Waals surface area contributed by atoms with Crippen LogP contribution in [0.4, 0.5) is 5.82 Å². The molecule has 17 heavy (non-hydrogen) atoms. The van der Waals surface area contributed by atoms with Gasteiger partial charge in [-0.25, -0.2) is 9.97 Å². The topological polar surface area (TPSA) is 52.8 Å². The molecular formula is C12H12N4S. The molecule has 4 nitrogen and oxygen atoms in total. The van der Waals surface area contributed by atoms with Gasteiger partial charge in [0.1, 0.15) is 22.6 Å². The lowest BCUT2D eigenvalue weighted by molar-refractivity contribution is 0.882. The number of hydrogen-bond acceptors (Lipinski definition) is 5. The lowest BCUT2D eigenvalue weighted by atomic mass is 10.3. The molecule has 0 aliphatic heterocycles. The van der Waals surface area contributed by atoms with Crippen molar-refractivity contribution in [2.75, 3.05) is 11.9 Å². The fourth-order valence-corrected chi connectivity index (χ4v) is 2.28. The molecule has 5 heteroatoms. The third-order valence-corrected chi connectivity index (χ3v) is 3.23. The van der Waals surface area contributed by atoms with E-state index in [0.717, 1.165) is 16.5 Å². The van der Waals surface area contributed by atoms with E-state index in [2.05, 4.69) is 9.97 Å². The summed E-state index contributed by atoms with van der Waals surface area (Å²) in [6, 6.07) is 7.47. The molecule has 0 aliphatic carbocycles. The van der Waals surface area contributed by atoms with Gasteiger partial charge in [-0.3, -0.25) is 0 Å². The standard InChI is InChI=1S/C12H12N4S/c1-9-8-17-12(14-9)7-16(2)11-5-3-4-10(6-13)15-11/h3-5,8H,7H2,1-2H3. The van der Waals surface area contributed by atoms with Gasteiger partial charge in [0.2, 0.25) is 0 Å². The molecule has 0 fully saturated rings. The molecule has 0 aliphatic rings. The van der Waals surface area contributed by atoms with Crippen molar-refractivity contribution in [1.82, 2.24) is 9.97 Å². The quantitative estimate of drug-likeness (QED) is 0.831. The number of rotatable bonds is 3. The molecule has 2 aromatic heterocycles. The third-order valence-electron chi connectivity index (χ3n) is 2.28. The monoisotopic (exact) mass is 244 g/mol. The van der Waals surface area contributed by atoms with E-state index in [4.69, 9.17) is 5.26 Å². The summed E-state index contributed by atoms with van der Waals surface area (Å²) in [6.07, 6.45) is 0. The summed E-state index contributed by atoms with van der Waals surface area (Å²) in [4.78, 5) is 10.6. The van der Waals surface area contributed by atoms with E-state index < -0.39 is 0 Å². The Hall–Kier alpha value is -1.93. The minimum atomic E-state index is 0.435. The van der Waals surface area contributed by atoms with Gasteiger partial charge >= 0.3 is 0 Å². The van der Waals surface area contributed by atoms with E-state index in [0.29, 0.717) is 12.2 Å². The minimum Gasteiger partial charge on any atom is -0.353 e. The first-order valence-electron chi connectivity index (χ1n) is 5.18. The van der Waals surface area contributed by atoms with Crippen LogP contribution in [-0.2, 0) is 6.54 Å². The van der Waals surface area contributed by atoms with Gasteiger partial charge < -0.3 is 4.90 Å². The van der Waals surface area contributed by atoms with Gasteiger partial charge in [-0.2, -0.15) is 5.26 Å². The molecule has 0 saturated heterocycles. The number of aromatic nitrogens is 2. The van der Waals surface area contributed by atoms with Gasteiger partial charge in [-0.1, -0.05) is 6.07 Å². The summed E-state index contributed by atoms with van der Waals surface area (Å²) in [5, 5.41) is 11.9. The highest BCUT2D eigenvalue weighted by molar-refractivity contribution is 7.09. The number of nitrogens with zero attached hydrogens (tertiary/aromatic N) is 4. The van der Waals surface area contributed by atoms with Crippen molar-refractivity contribution in [1.29, 1.82) is 5.26 Å². The van der Waals surface area contributed by atoms with Gasteiger partial charge in [0.05, 0.1) is 6.54 Å². The zero-order chi connectivity index (χ0) is 12.3. The van der Waals surface area contributed by atoms with Crippen molar-refractivity contribution in [3.8, 4) is 6.07 Å². The number of thiazole rings is 1. The SMILES string of the molecule is Cc1csc(CN(C)c2cccc(C#N)n2)n1. The lowest BCUT2D eigenvalue weighted by Crippen LogP contribution is -2.17. The Morgan fingerprint density at radius 1 is 1.41 bits per heavy atom. The van der Waals surface area contributed by atoms with Crippen LogP contribution in [0.1, 0.15) is 16.4 Å². The van der Waals surface area contributed by atoms with Crippen LogP contribution in [0.2, 0.25) is 0 Å². The average Bonchev–Trinajstić information content (AvgIpc) is 2.75. The van der Waals surface area contributed by atoms with E-state index in [-0.39, 0.29) is 0 Å². The Morgan fingerprint density at radius 3 is 2.88 bits per heavy atom. The summed E-state index contributed by atoms with van der Waals surface area (Å²) < 4.78 is 0. The second-order valence-electron chi connectivity index (χ2n) is 3.73. The Balaban J connectivity index is 2.14. The zero-order valence-electron chi connectivity index (χ0n) is 9.71. The van der Waals surface area contributed by atoms with Gasteiger partial charge in [0.15, 0.2) is 0 Å². The summed E-state index contributed by atoms with van der Waals surface area (Å²) in [7, 11) is 1.94. The van der Waals surface area contributed by atoms with Gasteiger partial charge in [-0.05, 0) is 19.1 Å². The van der Waals surface area contributed by atoms with Gasteiger partial charge in [-0.15, -0.1) is 11.3 Å². The largest absolute Gasteiger partial charge is 0.353 e. The van der Waals surface area contributed by atoms with Crippen LogP contribution in [0.15, 0.2) is 23.6 Å². The van der Waals surface area contributed by atoms with Crippen molar-refractivity contribution in [2.24, 2.45) is 0 Å². The maximum absolute atomic E-state index is 8.80. The summed E-state index contributed by atoms with van der Waals surface area (Å²) in [5.41, 5.74) is 1.47. The molecule has 0 N–H and O–H groups in total. The summed E-state index contributed by atoms with van der Waals surface area (Å²) in [5.74, 6) is 0.789. The van der Waals surface area contributed by atoms with E-state index >= 15 is 0 Å². The summed E-state index contributed by atoms with van der Waals surface area (Å²) in [6.45, 7) is 2.69. The van der Waals surface area contributed by atoms with Crippen molar-refractivity contribution < 1.29 is 0 Å². The Labute approximate surface area is 104 Å². The third kappa shape index (κ3) is 2.80. The predicted molar refractivity (Wildman–Crippen MR) is 67.9 cm³/mol. The molecule has 0 bridgehead atoms. The molecule has 0 unspecified atom stereocenters. The summed E-state index contributed by atoms with van der Waals surface area (Å²) >= 11 is 1.64. The fraction of sp³-hybridized carbons (Fsp3) is 0.250. The van der Waals surface area contributed by atoms with E-state index in [1.807, 2.05) is 42.5 Å². The molecule has 2 aromatic rings. The minimum absolute atomic E-state index is 0.435. The number of anilines is 1. The molecule has 0 spiro atoms. The lowest BCUT2D eigenvalue weighted by Gasteiger charge is -2.16. The number of pyridine rings is 1. The maximum Gasteiger partial charge on any atom is 0.142 e. The molecule has 2 heterocycles.